The highest BCUT2D eigenvalue weighted by atomic mass is 35.5. The summed E-state index contributed by atoms with van der Waals surface area (Å²) in [4.78, 5) is 12.4. The van der Waals surface area contributed by atoms with Crippen LogP contribution < -0.4 is 5.73 Å². The number of carbonyl (C=O) groups is 1. The fraction of sp³-hybridized carbons (Fsp3) is 0.279. The van der Waals surface area contributed by atoms with Crippen LogP contribution in [0.15, 0.2) is 140 Å². The Hall–Kier alpha value is -3.89. The minimum Gasteiger partial charge on any atom is -0.374 e. The topological polar surface area (TPSA) is 89.2 Å². The summed E-state index contributed by atoms with van der Waals surface area (Å²) >= 11 is 6.61. The molecule has 0 aliphatic carbocycles. The standard InChI is InChI=1S/C43H44ClNO6.ClH/c1-30(46)39(45)36-24-35(22-23-37(36)44)40-42(49-27-33-18-10-4-11-19-33)43(50-28-34-20-12-5-13-21-34)41(48-26-32-16-8-3-9-17-32)38(51-40)29-47-25-31-14-6-2-7-15-31;/h2-24,38-43H,25-29,45H2,1H3;1H/t38-,39?,40+,41-,42+,43+;/m1./s1. The van der Waals surface area contributed by atoms with Gasteiger partial charge in [0.05, 0.1) is 39.1 Å². The molecule has 1 heterocycles. The fourth-order valence-corrected chi connectivity index (χ4v) is 6.49. The van der Waals surface area contributed by atoms with E-state index in [9.17, 15) is 4.79 Å². The number of ketones is 1. The minimum absolute atomic E-state index is 0. The zero-order chi connectivity index (χ0) is 35.4. The van der Waals surface area contributed by atoms with E-state index in [0.29, 0.717) is 37.0 Å². The summed E-state index contributed by atoms with van der Waals surface area (Å²) in [6.45, 7) is 3.06. The van der Waals surface area contributed by atoms with Crippen molar-refractivity contribution in [3.05, 3.63) is 178 Å². The van der Waals surface area contributed by atoms with Crippen LogP contribution in [0.1, 0.15) is 52.5 Å². The van der Waals surface area contributed by atoms with Crippen molar-refractivity contribution in [3.8, 4) is 0 Å². The maximum atomic E-state index is 12.4. The number of halogens is 2. The first kappa shape index (κ1) is 39.3. The molecule has 9 heteroatoms. The van der Waals surface area contributed by atoms with E-state index in [1.807, 2.05) is 133 Å². The maximum Gasteiger partial charge on any atom is 0.151 e. The summed E-state index contributed by atoms with van der Waals surface area (Å²) in [5.41, 5.74) is 11.7. The summed E-state index contributed by atoms with van der Waals surface area (Å²) in [6.07, 6.45) is -3.01. The van der Waals surface area contributed by atoms with Crippen molar-refractivity contribution >= 4 is 29.8 Å². The third-order valence-electron chi connectivity index (χ3n) is 9.00. The summed E-state index contributed by atoms with van der Waals surface area (Å²) in [7, 11) is 0. The van der Waals surface area contributed by atoms with Crippen molar-refractivity contribution in [2.24, 2.45) is 5.73 Å². The lowest BCUT2D eigenvalue weighted by Gasteiger charge is -2.46. The highest BCUT2D eigenvalue weighted by Crippen LogP contribution is 2.40. The van der Waals surface area contributed by atoms with Gasteiger partial charge in [0.2, 0.25) is 0 Å². The van der Waals surface area contributed by atoms with E-state index >= 15 is 0 Å². The molecular weight excluding hydrogens is 697 g/mol. The Bertz CT molecular complexity index is 1800. The average Bonchev–Trinajstić information content (AvgIpc) is 3.17. The second kappa shape index (κ2) is 19.8. The summed E-state index contributed by atoms with van der Waals surface area (Å²) in [6, 6.07) is 44.7. The molecule has 0 radical (unpaired) electrons. The molecule has 5 aromatic rings. The molecule has 52 heavy (non-hydrogen) atoms. The number of ether oxygens (including phenoxy) is 5. The van der Waals surface area contributed by atoms with Gasteiger partial charge in [-0.3, -0.25) is 4.79 Å². The van der Waals surface area contributed by atoms with Gasteiger partial charge in [-0.1, -0.05) is 139 Å². The van der Waals surface area contributed by atoms with Crippen LogP contribution in [0, 0.1) is 0 Å². The van der Waals surface area contributed by atoms with E-state index in [1.165, 1.54) is 6.92 Å². The minimum atomic E-state index is -0.887. The molecule has 1 fully saturated rings. The van der Waals surface area contributed by atoms with E-state index in [-0.39, 0.29) is 24.8 Å². The third kappa shape index (κ3) is 10.6. The fourth-order valence-electron chi connectivity index (χ4n) is 6.25. The number of rotatable bonds is 16. The molecule has 0 saturated carbocycles. The van der Waals surface area contributed by atoms with Gasteiger partial charge in [-0.25, -0.2) is 0 Å². The Balaban J connectivity index is 0.00000523. The predicted molar refractivity (Wildman–Crippen MR) is 205 cm³/mol. The van der Waals surface area contributed by atoms with Gasteiger partial charge in [-0.2, -0.15) is 0 Å². The Kier molecular flexibility index (Phi) is 15.0. The van der Waals surface area contributed by atoms with Crippen LogP contribution in [0.4, 0.5) is 0 Å². The molecule has 1 aliphatic rings. The van der Waals surface area contributed by atoms with Crippen LogP contribution in [0.2, 0.25) is 5.02 Å². The number of benzene rings is 5. The quantitative estimate of drug-likeness (QED) is 0.108. The van der Waals surface area contributed by atoms with Gasteiger partial charge in [0, 0.05) is 5.02 Å². The molecule has 272 valence electrons. The van der Waals surface area contributed by atoms with Crippen LogP contribution in [-0.2, 0) is 54.9 Å². The lowest BCUT2D eigenvalue weighted by atomic mass is 9.89. The number of carbonyl (C=O) groups excluding carboxylic acids is 1. The van der Waals surface area contributed by atoms with Crippen LogP contribution in [0.25, 0.3) is 0 Å². The van der Waals surface area contributed by atoms with E-state index in [2.05, 4.69) is 0 Å². The second-order valence-corrected chi connectivity index (χ2v) is 13.2. The van der Waals surface area contributed by atoms with Gasteiger partial charge in [-0.15, -0.1) is 12.4 Å². The summed E-state index contributed by atoms with van der Waals surface area (Å²) in [5.74, 6) is -0.193. The zero-order valence-corrected chi connectivity index (χ0v) is 30.7. The van der Waals surface area contributed by atoms with Crippen LogP contribution in [-0.4, -0.2) is 36.8 Å². The first-order valence-corrected chi connectivity index (χ1v) is 17.6. The van der Waals surface area contributed by atoms with Gasteiger partial charge < -0.3 is 29.4 Å². The van der Waals surface area contributed by atoms with E-state index in [4.69, 9.17) is 41.0 Å². The van der Waals surface area contributed by atoms with Gasteiger partial charge >= 0.3 is 0 Å². The molecule has 1 unspecified atom stereocenters. The third-order valence-corrected chi connectivity index (χ3v) is 9.35. The second-order valence-electron chi connectivity index (χ2n) is 12.7. The number of Topliss-reactive ketones (excluding diaryl/α,β-unsaturated/α-hetero) is 1. The maximum absolute atomic E-state index is 12.4. The van der Waals surface area contributed by atoms with Crippen molar-refractivity contribution in [3.63, 3.8) is 0 Å². The number of nitrogens with two attached hydrogens (primary N) is 1. The average molecular weight is 743 g/mol. The highest BCUT2D eigenvalue weighted by molar-refractivity contribution is 6.31. The van der Waals surface area contributed by atoms with Crippen molar-refractivity contribution in [1.82, 2.24) is 0 Å². The zero-order valence-electron chi connectivity index (χ0n) is 29.1. The Morgan fingerprint density at radius 1 is 0.654 bits per heavy atom. The summed E-state index contributed by atoms with van der Waals surface area (Å²) < 4.78 is 33.8. The van der Waals surface area contributed by atoms with Gasteiger partial charge in [-0.05, 0) is 52.4 Å². The van der Waals surface area contributed by atoms with E-state index < -0.39 is 36.6 Å². The highest BCUT2D eigenvalue weighted by Gasteiger charge is 2.49. The largest absolute Gasteiger partial charge is 0.374 e. The molecule has 2 N–H and O–H groups in total. The Labute approximate surface area is 317 Å². The molecule has 0 bridgehead atoms. The van der Waals surface area contributed by atoms with Crippen molar-refractivity contribution < 1.29 is 28.5 Å². The van der Waals surface area contributed by atoms with Crippen LogP contribution in [0.3, 0.4) is 0 Å². The van der Waals surface area contributed by atoms with Crippen LogP contribution >= 0.6 is 24.0 Å². The first-order chi connectivity index (χ1) is 25.0. The normalized spacial score (nSPS) is 20.5. The molecule has 7 nitrogen and oxygen atoms in total. The molecule has 0 amide bonds. The Morgan fingerprint density at radius 2 is 1.10 bits per heavy atom. The molecule has 0 spiro atoms. The lowest BCUT2D eigenvalue weighted by Crippen LogP contribution is -2.58. The predicted octanol–water partition coefficient (Wildman–Crippen LogP) is 8.76. The monoisotopic (exact) mass is 741 g/mol. The molecule has 1 saturated heterocycles. The molecule has 6 atom stereocenters. The van der Waals surface area contributed by atoms with Gasteiger partial charge in [0.1, 0.15) is 30.5 Å². The molecule has 5 aromatic carbocycles. The van der Waals surface area contributed by atoms with E-state index in [1.54, 1.807) is 6.07 Å². The first-order valence-electron chi connectivity index (χ1n) is 17.3. The Morgan fingerprint density at radius 3 is 1.58 bits per heavy atom. The molecule has 6 rings (SSSR count). The van der Waals surface area contributed by atoms with Gasteiger partial charge in [0.25, 0.3) is 0 Å². The summed E-state index contributed by atoms with van der Waals surface area (Å²) in [5, 5.41) is 0.405. The molecular formula is C43H45Cl2NO6. The van der Waals surface area contributed by atoms with Crippen LogP contribution in [0.5, 0.6) is 0 Å². The molecule has 0 aromatic heterocycles. The lowest BCUT2D eigenvalue weighted by molar-refractivity contribution is -0.275. The SMILES string of the molecule is CC(=O)C(N)c1cc([C@@H]2O[C@H](COCc3ccccc3)[C@@H](OCc3ccccc3)[C@H](OCc3ccccc3)[C@H]2OCc2ccccc2)ccc1Cl.Cl. The van der Waals surface area contributed by atoms with Crippen molar-refractivity contribution in [2.45, 2.75) is 69.9 Å². The molecule has 1 aliphatic heterocycles. The number of hydrogen-bond donors (Lipinski definition) is 1. The smallest absolute Gasteiger partial charge is 0.151 e. The number of hydrogen-bond acceptors (Lipinski definition) is 7. The van der Waals surface area contributed by atoms with Crippen molar-refractivity contribution in [2.75, 3.05) is 6.61 Å². The van der Waals surface area contributed by atoms with Crippen molar-refractivity contribution in [1.29, 1.82) is 0 Å². The van der Waals surface area contributed by atoms with Gasteiger partial charge in [0.15, 0.2) is 5.78 Å². The van der Waals surface area contributed by atoms with E-state index in [0.717, 1.165) is 27.8 Å².